The molecule has 0 radical (unpaired) electrons. The molecule has 4 nitrogen and oxygen atoms in total. The number of hydrogen-bond acceptors (Lipinski definition) is 3. The van der Waals surface area contributed by atoms with Gasteiger partial charge in [0.15, 0.2) is 5.79 Å². The van der Waals surface area contributed by atoms with Crippen molar-refractivity contribution < 1.29 is 0 Å². The van der Waals surface area contributed by atoms with Gasteiger partial charge >= 0.3 is 0 Å². The zero-order chi connectivity index (χ0) is 19.2. The van der Waals surface area contributed by atoms with Crippen LogP contribution in [-0.2, 0) is 12.2 Å². The summed E-state index contributed by atoms with van der Waals surface area (Å²) >= 11 is 0. The molecule has 3 aromatic rings. The van der Waals surface area contributed by atoms with Gasteiger partial charge in [0.25, 0.3) is 0 Å². The molecule has 0 fully saturated rings. The topological polar surface area (TPSA) is 62.4 Å². The van der Waals surface area contributed by atoms with Crippen LogP contribution in [0.4, 0.5) is 0 Å². The minimum atomic E-state index is -0.924. The summed E-state index contributed by atoms with van der Waals surface area (Å²) in [5, 5.41) is 6.82. The molecule has 1 unspecified atom stereocenters. The van der Waals surface area contributed by atoms with Crippen molar-refractivity contribution in [3.05, 3.63) is 114 Å². The molecular formula is C24H24N4. The van der Waals surface area contributed by atoms with Crippen molar-refractivity contribution in [1.29, 1.82) is 0 Å². The molecule has 0 saturated heterocycles. The van der Waals surface area contributed by atoms with Crippen LogP contribution in [-0.4, -0.2) is 12.4 Å². The second-order valence-electron chi connectivity index (χ2n) is 6.85. The molecule has 0 amide bonds. The summed E-state index contributed by atoms with van der Waals surface area (Å²) in [6.07, 6.45) is 2.91. The number of nitrogens with zero attached hydrogens (tertiary/aromatic N) is 1. The van der Waals surface area contributed by atoms with E-state index in [1.807, 2.05) is 60.7 Å². The van der Waals surface area contributed by atoms with Crippen LogP contribution in [0.25, 0.3) is 5.70 Å². The van der Waals surface area contributed by atoms with Crippen molar-refractivity contribution in [3.8, 4) is 0 Å². The van der Waals surface area contributed by atoms with Crippen molar-refractivity contribution in [2.45, 2.75) is 12.2 Å². The van der Waals surface area contributed by atoms with Crippen LogP contribution in [0.2, 0.25) is 0 Å². The number of nitrogens with one attached hydrogen (secondary N) is 2. The summed E-state index contributed by atoms with van der Waals surface area (Å²) in [6, 6.07) is 30.5. The van der Waals surface area contributed by atoms with Gasteiger partial charge in [0.2, 0.25) is 0 Å². The van der Waals surface area contributed by atoms with E-state index in [-0.39, 0.29) is 0 Å². The van der Waals surface area contributed by atoms with Crippen LogP contribution in [0.1, 0.15) is 16.7 Å². The van der Waals surface area contributed by atoms with E-state index in [9.17, 15) is 0 Å². The Kier molecular flexibility index (Phi) is 5.22. The molecule has 0 aromatic heterocycles. The van der Waals surface area contributed by atoms with E-state index in [0.717, 1.165) is 29.1 Å². The number of hydrogen-bond donors (Lipinski definition) is 3. The first-order chi connectivity index (χ1) is 13.7. The van der Waals surface area contributed by atoms with Crippen LogP contribution in [0, 0.1) is 0 Å². The fourth-order valence-electron chi connectivity index (χ4n) is 3.31. The molecule has 4 rings (SSSR count). The molecule has 0 aliphatic carbocycles. The van der Waals surface area contributed by atoms with Gasteiger partial charge in [-0.25, -0.2) is 0 Å². The zero-order valence-electron chi connectivity index (χ0n) is 15.7. The second-order valence-corrected chi connectivity index (χ2v) is 6.85. The summed E-state index contributed by atoms with van der Waals surface area (Å²) in [7, 11) is 0. The normalized spacial score (nSPS) is 20.2. The van der Waals surface area contributed by atoms with Gasteiger partial charge in [0, 0.05) is 23.9 Å². The Morgan fingerprint density at radius 2 is 1.36 bits per heavy atom. The summed E-state index contributed by atoms with van der Waals surface area (Å²) < 4.78 is 0. The Hall–Kier alpha value is -3.37. The van der Waals surface area contributed by atoms with E-state index >= 15 is 0 Å². The van der Waals surface area contributed by atoms with Crippen molar-refractivity contribution >= 4 is 11.5 Å². The van der Waals surface area contributed by atoms with Gasteiger partial charge in [-0.3, -0.25) is 10.7 Å². The lowest BCUT2D eigenvalue weighted by Crippen LogP contribution is -2.64. The van der Waals surface area contributed by atoms with Gasteiger partial charge in [0.05, 0.1) is 0 Å². The molecule has 0 spiro atoms. The molecule has 1 aliphatic rings. The average molecular weight is 368 g/mol. The van der Waals surface area contributed by atoms with Gasteiger partial charge in [-0.15, -0.1) is 0 Å². The van der Waals surface area contributed by atoms with Crippen LogP contribution in [0.3, 0.4) is 0 Å². The van der Waals surface area contributed by atoms with Crippen LogP contribution < -0.4 is 16.4 Å². The maximum Gasteiger partial charge on any atom is 0.190 e. The fourth-order valence-corrected chi connectivity index (χ4v) is 3.31. The van der Waals surface area contributed by atoms with E-state index in [4.69, 9.17) is 10.7 Å². The van der Waals surface area contributed by atoms with Gasteiger partial charge in [-0.1, -0.05) is 91.0 Å². The van der Waals surface area contributed by atoms with E-state index in [0.29, 0.717) is 6.54 Å². The Labute approximate surface area is 165 Å². The van der Waals surface area contributed by atoms with Crippen LogP contribution in [0.15, 0.2) is 102 Å². The molecule has 0 saturated carbocycles. The predicted octanol–water partition coefficient (Wildman–Crippen LogP) is 3.63. The Bertz CT molecular complexity index is 965. The molecule has 4 N–H and O–H groups in total. The molecule has 3 aromatic carbocycles. The first-order valence-corrected chi connectivity index (χ1v) is 9.49. The van der Waals surface area contributed by atoms with Crippen LogP contribution in [0.5, 0.6) is 0 Å². The first kappa shape index (κ1) is 18.0. The fraction of sp³-hybridized carbons (Fsp3) is 0.125. The van der Waals surface area contributed by atoms with Crippen molar-refractivity contribution in [1.82, 2.24) is 10.6 Å². The van der Waals surface area contributed by atoms with Gasteiger partial charge in [-0.05, 0) is 17.5 Å². The molecule has 4 heteroatoms. The minimum Gasteiger partial charge on any atom is -0.346 e. The monoisotopic (exact) mass is 368 g/mol. The number of aliphatic imine (C=N–C) groups is 1. The van der Waals surface area contributed by atoms with Crippen LogP contribution >= 0.6 is 0 Å². The van der Waals surface area contributed by atoms with Crippen molar-refractivity contribution in [3.63, 3.8) is 0 Å². The third-order valence-electron chi connectivity index (χ3n) is 4.78. The van der Waals surface area contributed by atoms with Crippen molar-refractivity contribution in [2.75, 3.05) is 6.54 Å². The second kappa shape index (κ2) is 8.11. The van der Waals surface area contributed by atoms with E-state index < -0.39 is 5.79 Å². The molecule has 28 heavy (non-hydrogen) atoms. The maximum atomic E-state index is 6.74. The molecule has 1 atom stereocenters. The third kappa shape index (κ3) is 4.13. The lowest BCUT2D eigenvalue weighted by Gasteiger charge is -2.38. The van der Waals surface area contributed by atoms with Gasteiger partial charge < -0.3 is 10.6 Å². The molecular weight excluding hydrogens is 344 g/mol. The average Bonchev–Trinajstić information content (AvgIpc) is 2.75. The highest BCUT2D eigenvalue weighted by Gasteiger charge is 2.32. The standard InChI is InChI=1S/C24H24N4/c25-24(21-14-8-3-9-15-21)27-22(20-12-6-2-7-13-20)18-23(28-24)26-17-16-19-10-4-1-5-11-19/h1-15,18,27H,16-17,25H2,(H,26,28). The Balaban J connectivity index is 1.63. The zero-order valence-corrected chi connectivity index (χ0v) is 15.7. The Morgan fingerprint density at radius 1 is 0.750 bits per heavy atom. The molecule has 140 valence electrons. The lowest BCUT2D eigenvalue weighted by atomic mass is 10.0. The van der Waals surface area contributed by atoms with E-state index in [1.54, 1.807) is 0 Å². The third-order valence-corrected chi connectivity index (χ3v) is 4.78. The van der Waals surface area contributed by atoms with E-state index in [1.165, 1.54) is 5.56 Å². The highest BCUT2D eigenvalue weighted by molar-refractivity contribution is 6.01. The first-order valence-electron chi connectivity index (χ1n) is 9.49. The number of benzene rings is 3. The summed E-state index contributed by atoms with van der Waals surface area (Å²) in [6.45, 7) is 0.690. The number of rotatable bonds is 5. The minimum absolute atomic E-state index is 0.690. The quantitative estimate of drug-likeness (QED) is 0.644. The smallest absolute Gasteiger partial charge is 0.190 e. The number of nitrogens with two attached hydrogens (primary N) is 1. The van der Waals surface area contributed by atoms with Gasteiger partial charge in [0.1, 0.15) is 5.84 Å². The summed E-state index contributed by atoms with van der Waals surface area (Å²) in [5.41, 5.74) is 11.0. The summed E-state index contributed by atoms with van der Waals surface area (Å²) in [4.78, 5) is 4.78. The Morgan fingerprint density at radius 3 is 2.04 bits per heavy atom. The SMILES string of the molecule is NC1(c2ccccc2)NC(c2ccccc2)=CC(=NCCc2ccccc2)N1. The lowest BCUT2D eigenvalue weighted by molar-refractivity contribution is 0.362. The highest BCUT2D eigenvalue weighted by Crippen LogP contribution is 2.22. The predicted molar refractivity (Wildman–Crippen MR) is 115 cm³/mol. The molecule has 0 bridgehead atoms. The molecule has 1 heterocycles. The largest absolute Gasteiger partial charge is 0.346 e. The van der Waals surface area contributed by atoms with Gasteiger partial charge in [-0.2, -0.15) is 0 Å². The number of amidine groups is 1. The highest BCUT2D eigenvalue weighted by atomic mass is 15.3. The van der Waals surface area contributed by atoms with Crippen molar-refractivity contribution in [2.24, 2.45) is 10.7 Å². The molecule has 1 aliphatic heterocycles. The summed E-state index contributed by atoms with van der Waals surface area (Å²) in [5.74, 6) is -0.146. The maximum absolute atomic E-state index is 6.74. The van der Waals surface area contributed by atoms with E-state index in [2.05, 4.69) is 47.0 Å².